The van der Waals surface area contributed by atoms with Crippen molar-refractivity contribution in [3.63, 3.8) is 0 Å². The predicted molar refractivity (Wildman–Crippen MR) is 96.1 cm³/mol. The molecule has 1 aromatic rings. The van der Waals surface area contributed by atoms with Crippen LogP contribution in [-0.4, -0.2) is 34.7 Å². The SMILES string of the molecule is CC(C)(C)c1cc(C(=O)NC2CC(NCCC3CCCC3)C2)n[nH]1. The first kappa shape index (κ1) is 17.5. The molecule has 134 valence electrons. The van der Waals surface area contributed by atoms with E-state index in [-0.39, 0.29) is 17.4 Å². The van der Waals surface area contributed by atoms with Crippen molar-refractivity contribution in [1.29, 1.82) is 0 Å². The average molecular weight is 332 g/mol. The van der Waals surface area contributed by atoms with Crippen molar-refractivity contribution in [3.8, 4) is 0 Å². The minimum Gasteiger partial charge on any atom is -0.348 e. The number of aromatic amines is 1. The summed E-state index contributed by atoms with van der Waals surface area (Å²) in [5.41, 5.74) is 1.47. The average Bonchev–Trinajstić information content (AvgIpc) is 3.15. The number of hydrogen-bond donors (Lipinski definition) is 3. The van der Waals surface area contributed by atoms with Crippen LogP contribution in [0.3, 0.4) is 0 Å². The molecule has 3 rings (SSSR count). The van der Waals surface area contributed by atoms with Crippen molar-refractivity contribution >= 4 is 5.91 Å². The molecule has 2 aliphatic carbocycles. The van der Waals surface area contributed by atoms with Gasteiger partial charge in [-0.05, 0) is 37.8 Å². The zero-order valence-electron chi connectivity index (χ0n) is 15.3. The molecule has 5 heteroatoms. The van der Waals surface area contributed by atoms with Crippen LogP contribution in [0.2, 0.25) is 0 Å². The van der Waals surface area contributed by atoms with Gasteiger partial charge < -0.3 is 10.6 Å². The third-order valence-corrected chi connectivity index (χ3v) is 5.55. The van der Waals surface area contributed by atoms with Gasteiger partial charge in [0.25, 0.3) is 5.91 Å². The summed E-state index contributed by atoms with van der Waals surface area (Å²) in [7, 11) is 0. The lowest BCUT2D eigenvalue weighted by Crippen LogP contribution is -2.52. The fraction of sp³-hybridized carbons (Fsp3) is 0.789. The van der Waals surface area contributed by atoms with Gasteiger partial charge >= 0.3 is 0 Å². The summed E-state index contributed by atoms with van der Waals surface area (Å²) in [6.07, 6.45) is 9.07. The Balaban J connectivity index is 1.34. The van der Waals surface area contributed by atoms with E-state index in [4.69, 9.17) is 0 Å². The Morgan fingerprint density at radius 1 is 1.25 bits per heavy atom. The number of nitrogens with zero attached hydrogens (tertiary/aromatic N) is 1. The fourth-order valence-electron chi connectivity index (χ4n) is 3.77. The molecule has 0 unspecified atom stereocenters. The number of carbonyl (C=O) groups excluding carboxylic acids is 1. The molecule has 2 saturated carbocycles. The van der Waals surface area contributed by atoms with Gasteiger partial charge in [0.2, 0.25) is 0 Å². The van der Waals surface area contributed by atoms with E-state index in [0.29, 0.717) is 11.7 Å². The molecule has 0 bridgehead atoms. The van der Waals surface area contributed by atoms with Crippen LogP contribution in [0.5, 0.6) is 0 Å². The van der Waals surface area contributed by atoms with E-state index in [1.807, 2.05) is 6.07 Å². The maximum absolute atomic E-state index is 12.3. The zero-order valence-corrected chi connectivity index (χ0v) is 15.3. The van der Waals surface area contributed by atoms with E-state index in [1.54, 1.807) is 0 Å². The molecule has 1 heterocycles. The molecular weight excluding hydrogens is 300 g/mol. The van der Waals surface area contributed by atoms with E-state index < -0.39 is 0 Å². The van der Waals surface area contributed by atoms with Crippen molar-refractivity contribution in [2.75, 3.05) is 6.54 Å². The number of nitrogens with one attached hydrogen (secondary N) is 3. The molecule has 0 aliphatic heterocycles. The van der Waals surface area contributed by atoms with Crippen LogP contribution < -0.4 is 10.6 Å². The summed E-state index contributed by atoms with van der Waals surface area (Å²) < 4.78 is 0. The Labute approximate surface area is 145 Å². The fourth-order valence-corrected chi connectivity index (χ4v) is 3.77. The van der Waals surface area contributed by atoms with Crippen LogP contribution in [0.1, 0.15) is 81.9 Å². The Kier molecular flexibility index (Phi) is 5.28. The van der Waals surface area contributed by atoms with E-state index in [2.05, 4.69) is 41.6 Å². The lowest BCUT2D eigenvalue weighted by molar-refractivity contribution is 0.0897. The zero-order chi connectivity index (χ0) is 17.2. The molecule has 0 aromatic carbocycles. The second-order valence-corrected chi connectivity index (χ2v) is 8.65. The number of carbonyl (C=O) groups is 1. The molecule has 5 nitrogen and oxygen atoms in total. The number of amides is 1. The quantitative estimate of drug-likeness (QED) is 0.749. The predicted octanol–water partition coefficient (Wildman–Crippen LogP) is 3.14. The molecule has 24 heavy (non-hydrogen) atoms. The molecule has 2 fully saturated rings. The number of hydrogen-bond acceptors (Lipinski definition) is 3. The van der Waals surface area contributed by atoms with Gasteiger partial charge in [-0.2, -0.15) is 5.10 Å². The minimum absolute atomic E-state index is 0.0175. The third kappa shape index (κ3) is 4.38. The number of rotatable bonds is 6. The van der Waals surface area contributed by atoms with Gasteiger partial charge in [0.15, 0.2) is 0 Å². The van der Waals surface area contributed by atoms with Crippen molar-refractivity contribution in [2.45, 2.75) is 83.2 Å². The van der Waals surface area contributed by atoms with E-state index >= 15 is 0 Å². The highest BCUT2D eigenvalue weighted by molar-refractivity contribution is 5.92. The van der Waals surface area contributed by atoms with Gasteiger partial charge in [-0.15, -0.1) is 0 Å². The smallest absolute Gasteiger partial charge is 0.271 e. The van der Waals surface area contributed by atoms with E-state index in [0.717, 1.165) is 31.0 Å². The van der Waals surface area contributed by atoms with Gasteiger partial charge in [0.1, 0.15) is 5.69 Å². The van der Waals surface area contributed by atoms with Crippen LogP contribution >= 0.6 is 0 Å². The molecule has 2 aliphatic rings. The van der Waals surface area contributed by atoms with Crippen LogP contribution in [0.4, 0.5) is 0 Å². The maximum Gasteiger partial charge on any atom is 0.271 e. The second kappa shape index (κ2) is 7.26. The van der Waals surface area contributed by atoms with Crippen LogP contribution in [0.15, 0.2) is 6.07 Å². The Hall–Kier alpha value is -1.36. The van der Waals surface area contributed by atoms with Gasteiger partial charge in [-0.1, -0.05) is 46.5 Å². The molecule has 1 amide bonds. The van der Waals surface area contributed by atoms with Crippen LogP contribution in [-0.2, 0) is 5.41 Å². The highest BCUT2D eigenvalue weighted by Crippen LogP contribution is 2.27. The van der Waals surface area contributed by atoms with Crippen molar-refractivity contribution in [1.82, 2.24) is 20.8 Å². The number of aromatic nitrogens is 2. The van der Waals surface area contributed by atoms with Crippen LogP contribution in [0.25, 0.3) is 0 Å². The minimum atomic E-state index is -0.0591. The largest absolute Gasteiger partial charge is 0.348 e. The highest BCUT2D eigenvalue weighted by atomic mass is 16.2. The summed E-state index contributed by atoms with van der Waals surface area (Å²) in [5.74, 6) is 0.890. The molecule has 0 saturated heterocycles. The van der Waals surface area contributed by atoms with Crippen molar-refractivity contribution in [3.05, 3.63) is 17.5 Å². The molecule has 0 atom stereocenters. The summed E-state index contributed by atoms with van der Waals surface area (Å²) in [6, 6.07) is 2.73. The summed E-state index contributed by atoms with van der Waals surface area (Å²) in [6.45, 7) is 7.45. The van der Waals surface area contributed by atoms with Crippen LogP contribution in [0, 0.1) is 5.92 Å². The topological polar surface area (TPSA) is 69.8 Å². The Bertz CT molecular complexity index is 548. The summed E-state index contributed by atoms with van der Waals surface area (Å²) >= 11 is 0. The van der Waals surface area contributed by atoms with E-state index in [9.17, 15) is 4.79 Å². The highest BCUT2D eigenvalue weighted by Gasteiger charge is 2.31. The van der Waals surface area contributed by atoms with Gasteiger partial charge in [-0.3, -0.25) is 9.89 Å². The standard InChI is InChI=1S/C19H32N4O/c1-19(2,3)17-12-16(22-23-17)18(24)21-15-10-14(11-15)20-9-8-13-6-4-5-7-13/h12-15,20H,4-11H2,1-3H3,(H,21,24)(H,22,23). The summed E-state index contributed by atoms with van der Waals surface area (Å²) in [4.78, 5) is 12.3. The molecule has 1 aromatic heterocycles. The third-order valence-electron chi connectivity index (χ3n) is 5.55. The Morgan fingerprint density at radius 3 is 2.58 bits per heavy atom. The lowest BCUT2D eigenvalue weighted by Gasteiger charge is -2.36. The molecule has 0 radical (unpaired) electrons. The van der Waals surface area contributed by atoms with E-state index in [1.165, 1.54) is 32.1 Å². The second-order valence-electron chi connectivity index (χ2n) is 8.65. The summed E-state index contributed by atoms with van der Waals surface area (Å²) in [5, 5.41) is 13.9. The maximum atomic E-state index is 12.3. The first-order valence-electron chi connectivity index (χ1n) is 9.52. The molecule has 0 spiro atoms. The number of H-pyrrole nitrogens is 1. The van der Waals surface area contributed by atoms with Crippen molar-refractivity contribution in [2.24, 2.45) is 5.92 Å². The molecule has 3 N–H and O–H groups in total. The van der Waals surface area contributed by atoms with Gasteiger partial charge in [0, 0.05) is 23.2 Å². The monoisotopic (exact) mass is 332 g/mol. The first-order chi connectivity index (χ1) is 11.4. The first-order valence-corrected chi connectivity index (χ1v) is 9.52. The van der Waals surface area contributed by atoms with Gasteiger partial charge in [0.05, 0.1) is 0 Å². The van der Waals surface area contributed by atoms with Gasteiger partial charge in [-0.25, -0.2) is 0 Å². The molecular formula is C19H32N4O. The normalized spacial score (nSPS) is 24.8. The lowest BCUT2D eigenvalue weighted by atomic mass is 9.86. The Morgan fingerprint density at radius 2 is 1.96 bits per heavy atom. The van der Waals surface area contributed by atoms with Crippen molar-refractivity contribution < 1.29 is 4.79 Å².